The third-order valence-electron chi connectivity index (χ3n) is 3.11. The molecule has 0 bridgehead atoms. The molecule has 3 N–H and O–H groups in total. The summed E-state index contributed by atoms with van der Waals surface area (Å²) < 4.78 is 21.8. The molecule has 0 spiro atoms. The van der Waals surface area contributed by atoms with Gasteiger partial charge in [-0.3, -0.25) is 4.68 Å². The van der Waals surface area contributed by atoms with Crippen molar-refractivity contribution in [2.24, 2.45) is 7.05 Å². The van der Waals surface area contributed by atoms with Gasteiger partial charge in [0, 0.05) is 11.5 Å². The summed E-state index contributed by atoms with van der Waals surface area (Å²) in [6.07, 6.45) is 1.61. The van der Waals surface area contributed by atoms with Crippen LogP contribution in [0.25, 0.3) is 10.9 Å². The second-order valence-corrected chi connectivity index (χ2v) is 5.61. The maximum absolute atomic E-state index is 14.5. The second-order valence-electron chi connectivity index (χ2n) is 4.76. The average molecular weight is 383 g/mol. The fraction of sp³-hybridized carbons (Fsp3) is 0.231. The Hall–Kier alpha value is -2.33. The van der Waals surface area contributed by atoms with Gasteiger partial charge in [0.25, 0.3) is 0 Å². The fourth-order valence-corrected chi connectivity index (χ4v) is 2.53. The van der Waals surface area contributed by atoms with Crippen LogP contribution in [0, 0.1) is 5.82 Å². The molecule has 8 nitrogen and oxygen atoms in total. The molecular weight excluding hydrogens is 371 g/mol. The van der Waals surface area contributed by atoms with Gasteiger partial charge < -0.3 is 15.6 Å². The number of rotatable bonds is 4. The highest BCUT2D eigenvalue weighted by molar-refractivity contribution is 9.10. The summed E-state index contributed by atoms with van der Waals surface area (Å²) in [6, 6.07) is 1.42. The van der Waals surface area contributed by atoms with Gasteiger partial charge in [0.15, 0.2) is 17.4 Å². The fourth-order valence-electron chi connectivity index (χ4n) is 2.02. The SMILES string of the molecule is Cn1cnc(C(O)COc2cc(Br)c3ncnc(N)c3c2F)n1. The van der Waals surface area contributed by atoms with Crippen molar-refractivity contribution >= 4 is 32.7 Å². The molecule has 23 heavy (non-hydrogen) atoms. The van der Waals surface area contributed by atoms with Crippen molar-refractivity contribution in [2.75, 3.05) is 12.3 Å². The zero-order chi connectivity index (χ0) is 16.6. The van der Waals surface area contributed by atoms with E-state index in [0.717, 1.165) is 0 Å². The van der Waals surface area contributed by atoms with E-state index in [2.05, 4.69) is 36.0 Å². The van der Waals surface area contributed by atoms with E-state index in [4.69, 9.17) is 10.5 Å². The number of hydrogen-bond acceptors (Lipinski definition) is 7. The lowest BCUT2D eigenvalue weighted by Crippen LogP contribution is -2.12. The van der Waals surface area contributed by atoms with Crippen molar-refractivity contribution in [1.82, 2.24) is 24.7 Å². The molecule has 0 saturated heterocycles. The van der Waals surface area contributed by atoms with Crippen LogP contribution in [0.1, 0.15) is 11.9 Å². The van der Waals surface area contributed by atoms with Crippen molar-refractivity contribution in [3.8, 4) is 5.75 Å². The third-order valence-corrected chi connectivity index (χ3v) is 3.71. The number of nitrogens with two attached hydrogens (primary N) is 1. The molecule has 0 amide bonds. The minimum atomic E-state index is -1.09. The molecule has 0 fully saturated rings. The minimum Gasteiger partial charge on any atom is -0.487 e. The topological polar surface area (TPSA) is 112 Å². The van der Waals surface area contributed by atoms with E-state index in [0.29, 0.717) is 9.99 Å². The first kappa shape index (κ1) is 15.6. The number of aryl methyl sites for hydroxylation is 1. The molecule has 2 aromatic heterocycles. The molecule has 3 aromatic rings. The molecule has 0 radical (unpaired) electrons. The number of ether oxygens (including phenoxy) is 1. The van der Waals surface area contributed by atoms with E-state index in [9.17, 15) is 9.50 Å². The molecule has 0 aliphatic rings. The van der Waals surface area contributed by atoms with Crippen molar-refractivity contribution in [1.29, 1.82) is 0 Å². The van der Waals surface area contributed by atoms with Gasteiger partial charge >= 0.3 is 0 Å². The number of aliphatic hydroxyl groups excluding tert-OH is 1. The summed E-state index contributed by atoms with van der Waals surface area (Å²) in [5.74, 6) is -0.579. The Balaban J connectivity index is 1.88. The van der Waals surface area contributed by atoms with Crippen LogP contribution in [0.3, 0.4) is 0 Å². The normalized spacial score (nSPS) is 12.5. The summed E-state index contributed by atoms with van der Waals surface area (Å²) in [5.41, 5.74) is 6.05. The smallest absolute Gasteiger partial charge is 0.182 e. The zero-order valence-corrected chi connectivity index (χ0v) is 13.5. The lowest BCUT2D eigenvalue weighted by atomic mass is 10.2. The molecule has 1 unspecified atom stereocenters. The number of fused-ring (bicyclic) bond motifs is 1. The molecule has 1 atom stereocenters. The Labute approximate surface area is 138 Å². The van der Waals surface area contributed by atoms with E-state index < -0.39 is 11.9 Å². The lowest BCUT2D eigenvalue weighted by molar-refractivity contribution is 0.0985. The number of aliphatic hydroxyl groups is 1. The number of hydrogen-bond donors (Lipinski definition) is 2. The van der Waals surface area contributed by atoms with E-state index >= 15 is 0 Å². The molecule has 0 aliphatic heterocycles. The average Bonchev–Trinajstić information content (AvgIpc) is 2.95. The van der Waals surface area contributed by atoms with Gasteiger partial charge in [0.1, 0.15) is 31.2 Å². The molecular formula is C13H12BrFN6O2. The van der Waals surface area contributed by atoms with Crippen LogP contribution in [-0.4, -0.2) is 36.4 Å². The highest BCUT2D eigenvalue weighted by atomic mass is 79.9. The van der Waals surface area contributed by atoms with Gasteiger partial charge in [-0.05, 0) is 22.0 Å². The zero-order valence-electron chi connectivity index (χ0n) is 11.9. The van der Waals surface area contributed by atoms with Gasteiger partial charge in [0.05, 0.1) is 10.9 Å². The Morgan fingerprint density at radius 2 is 2.22 bits per heavy atom. The van der Waals surface area contributed by atoms with Gasteiger partial charge in [-0.1, -0.05) is 0 Å². The van der Waals surface area contributed by atoms with Crippen LogP contribution in [0.5, 0.6) is 5.75 Å². The molecule has 2 heterocycles. The molecule has 120 valence electrons. The molecule has 0 saturated carbocycles. The summed E-state index contributed by atoms with van der Waals surface area (Å²) in [5, 5.41) is 14.0. The molecule has 1 aromatic carbocycles. The van der Waals surface area contributed by atoms with Crippen LogP contribution in [-0.2, 0) is 7.05 Å². The maximum Gasteiger partial charge on any atom is 0.182 e. The second kappa shape index (κ2) is 6.05. The van der Waals surface area contributed by atoms with Crippen LogP contribution < -0.4 is 10.5 Å². The van der Waals surface area contributed by atoms with Crippen LogP contribution >= 0.6 is 15.9 Å². The quantitative estimate of drug-likeness (QED) is 0.700. The first-order valence-electron chi connectivity index (χ1n) is 6.52. The first-order valence-corrected chi connectivity index (χ1v) is 7.31. The van der Waals surface area contributed by atoms with Crippen molar-refractivity contribution in [2.45, 2.75) is 6.10 Å². The summed E-state index contributed by atoms with van der Waals surface area (Å²) >= 11 is 3.29. The predicted molar refractivity (Wildman–Crippen MR) is 83.1 cm³/mol. The Bertz CT molecular complexity index is 871. The van der Waals surface area contributed by atoms with Gasteiger partial charge in [-0.15, -0.1) is 0 Å². The van der Waals surface area contributed by atoms with Crippen molar-refractivity contribution in [3.63, 3.8) is 0 Å². The Kier molecular flexibility index (Phi) is 4.09. The molecule has 10 heteroatoms. The summed E-state index contributed by atoms with van der Waals surface area (Å²) in [4.78, 5) is 11.7. The van der Waals surface area contributed by atoms with Gasteiger partial charge in [0.2, 0.25) is 0 Å². The van der Waals surface area contributed by atoms with Crippen LogP contribution in [0.2, 0.25) is 0 Å². The Morgan fingerprint density at radius 1 is 1.43 bits per heavy atom. The van der Waals surface area contributed by atoms with Crippen LogP contribution in [0.15, 0.2) is 23.2 Å². The number of anilines is 1. The highest BCUT2D eigenvalue weighted by Crippen LogP contribution is 2.34. The summed E-state index contributed by atoms with van der Waals surface area (Å²) in [6.45, 7) is -0.216. The van der Waals surface area contributed by atoms with E-state index in [1.807, 2.05) is 0 Å². The largest absolute Gasteiger partial charge is 0.487 e. The minimum absolute atomic E-state index is 0.00518. The number of halogens is 2. The van der Waals surface area contributed by atoms with Crippen LogP contribution in [0.4, 0.5) is 10.2 Å². The molecule has 0 aliphatic carbocycles. The van der Waals surface area contributed by atoms with Gasteiger partial charge in [-0.2, -0.15) is 5.10 Å². The van der Waals surface area contributed by atoms with E-state index in [1.165, 1.54) is 23.4 Å². The Morgan fingerprint density at radius 3 is 2.91 bits per heavy atom. The van der Waals surface area contributed by atoms with E-state index in [-0.39, 0.29) is 29.4 Å². The highest BCUT2D eigenvalue weighted by Gasteiger charge is 2.19. The lowest BCUT2D eigenvalue weighted by Gasteiger charge is -2.13. The maximum atomic E-state index is 14.5. The van der Waals surface area contributed by atoms with E-state index in [1.54, 1.807) is 7.05 Å². The van der Waals surface area contributed by atoms with Crippen molar-refractivity contribution < 1.29 is 14.2 Å². The van der Waals surface area contributed by atoms with Crippen molar-refractivity contribution in [3.05, 3.63) is 34.8 Å². The van der Waals surface area contributed by atoms with Gasteiger partial charge in [-0.25, -0.2) is 19.3 Å². The molecule has 3 rings (SSSR count). The number of nitrogen functional groups attached to an aromatic ring is 1. The number of aromatic nitrogens is 5. The standard InChI is InChI=1S/C13H12BrFN6O2/c1-21-5-19-13(20-21)7(22)3-23-8-2-6(14)11-9(10(8)15)12(16)18-4-17-11/h2,4-5,7,22H,3H2,1H3,(H2,16,17,18). The number of benzene rings is 1. The third kappa shape index (κ3) is 2.94. The number of nitrogens with zero attached hydrogens (tertiary/aromatic N) is 5. The summed E-state index contributed by atoms with van der Waals surface area (Å²) in [7, 11) is 1.67. The monoisotopic (exact) mass is 382 g/mol. The predicted octanol–water partition coefficient (Wildman–Crippen LogP) is 1.35. The first-order chi connectivity index (χ1) is 11.0.